The number of Topliss-reactive ketones (excluding diaryl/α,β-unsaturated/α-hetero) is 1. The van der Waals surface area contributed by atoms with Crippen LogP contribution in [0.3, 0.4) is 0 Å². The molecule has 0 aliphatic rings. The fraction of sp³-hybridized carbons (Fsp3) is 0.200. The van der Waals surface area contributed by atoms with Crippen molar-refractivity contribution in [3.63, 3.8) is 0 Å². The van der Waals surface area contributed by atoms with E-state index >= 15 is 0 Å². The van der Waals surface area contributed by atoms with Crippen LogP contribution in [-0.4, -0.2) is 11.7 Å². The molecule has 0 saturated carbocycles. The minimum Gasteiger partial charge on any atom is -0.370 e. The van der Waals surface area contributed by atoms with Crippen molar-refractivity contribution < 1.29 is 14.0 Å². The third-order valence-corrected chi connectivity index (χ3v) is 1.76. The van der Waals surface area contributed by atoms with Gasteiger partial charge in [0.05, 0.1) is 0 Å². The van der Waals surface area contributed by atoms with Crippen LogP contribution in [0.4, 0.5) is 4.39 Å². The van der Waals surface area contributed by atoms with Crippen molar-refractivity contribution in [1.82, 2.24) is 0 Å². The van der Waals surface area contributed by atoms with E-state index in [0.29, 0.717) is 5.56 Å². The number of primary amides is 1. The van der Waals surface area contributed by atoms with Gasteiger partial charge in [-0.3, -0.25) is 9.59 Å². The van der Waals surface area contributed by atoms with Gasteiger partial charge in [0, 0.05) is 18.4 Å². The Bertz CT molecular complexity index is 346. The molecule has 1 amide bonds. The van der Waals surface area contributed by atoms with E-state index in [0.717, 1.165) is 0 Å². The summed E-state index contributed by atoms with van der Waals surface area (Å²) in [5.74, 6) is -1.11. The van der Waals surface area contributed by atoms with E-state index < -0.39 is 11.7 Å². The molecule has 0 fully saturated rings. The lowest BCUT2D eigenvalue weighted by Crippen LogP contribution is -2.12. The molecule has 0 unspecified atom stereocenters. The van der Waals surface area contributed by atoms with Crippen molar-refractivity contribution in [2.45, 2.75) is 12.8 Å². The second-order valence-corrected chi connectivity index (χ2v) is 2.90. The first kappa shape index (κ1) is 10.4. The highest BCUT2D eigenvalue weighted by atomic mass is 19.1. The summed E-state index contributed by atoms with van der Waals surface area (Å²) >= 11 is 0. The Hall–Kier alpha value is -1.71. The molecule has 3 nitrogen and oxygen atoms in total. The number of nitrogens with two attached hydrogens (primary N) is 1. The number of amides is 1. The smallest absolute Gasteiger partial charge is 0.217 e. The molecule has 0 saturated heterocycles. The standard InChI is InChI=1S/C10H10FNO2/c11-8-3-1-7(2-4-8)9(13)5-6-10(12)14/h1-4H,5-6H2,(H2,12,14). The van der Waals surface area contributed by atoms with Crippen LogP contribution < -0.4 is 5.73 Å². The van der Waals surface area contributed by atoms with Gasteiger partial charge in [-0.1, -0.05) is 0 Å². The Morgan fingerprint density at radius 2 is 1.71 bits per heavy atom. The average Bonchev–Trinajstić information content (AvgIpc) is 2.15. The molecule has 0 aliphatic carbocycles. The number of hydrogen-bond donors (Lipinski definition) is 1. The highest BCUT2D eigenvalue weighted by molar-refractivity contribution is 5.97. The number of benzene rings is 1. The minimum absolute atomic E-state index is 0.0240. The van der Waals surface area contributed by atoms with Gasteiger partial charge in [-0.05, 0) is 24.3 Å². The van der Waals surface area contributed by atoms with E-state index in [1.807, 2.05) is 0 Å². The summed E-state index contributed by atoms with van der Waals surface area (Å²) in [6.45, 7) is 0. The lowest BCUT2D eigenvalue weighted by Gasteiger charge is -1.98. The molecule has 0 aliphatic heterocycles. The third-order valence-electron chi connectivity index (χ3n) is 1.76. The van der Waals surface area contributed by atoms with Crippen molar-refractivity contribution in [3.8, 4) is 0 Å². The molecule has 0 aromatic heterocycles. The van der Waals surface area contributed by atoms with E-state index in [1.165, 1.54) is 24.3 Å². The first-order chi connectivity index (χ1) is 6.59. The Morgan fingerprint density at radius 3 is 2.21 bits per heavy atom. The molecule has 2 N–H and O–H groups in total. The van der Waals surface area contributed by atoms with Crippen LogP contribution in [-0.2, 0) is 4.79 Å². The number of hydrogen-bond acceptors (Lipinski definition) is 2. The monoisotopic (exact) mass is 195 g/mol. The first-order valence-electron chi connectivity index (χ1n) is 4.16. The average molecular weight is 195 g/mol. The van der Waals surface area contributed by atoms with Crippen LogP contribution in [0.5, 0.6) is 0 Å². The largest absolute Gasteiger partial charge is 0.370 e. The highest BCUT2D eigenvalue weighted by Crippen LogP contribution is 2.06. The fourth-order valence-corrected chi connectivity index (χ4v) is 1.02. The Labute approximate surface area is 80.7 Å². The second kappa shape index (κ2) is 4.50. The molecule has 74 valence electrons. The quantitative estimate of drug-likeness (QED) is 0.735. The minimum atomic E-state index is -0.513. The van der Waals surface area contributed by atoms with Crippen LogP contribution in [0.1, 0.15) is 23.2 Å². The summed E-state index contributed by atoms with van der Waals surface area (Å²) in [6.07, 6.45) is 0.0944. The van der Waals surface area contributed by atoms with Gasteiger partial charge in [-0.15, -0.1) is 0 Å². The van der Waals surface area contributed by atoms with Crippen LogP contribution in [0.25, 0.3) is 0 Å². The summed E-state index contributed by atoms with van der Waals surface area (Å²) in [4.78, 5) is 21.7. The lowest BCUT2D eigenvalue weighted by molar-refractivity contribution is -0.118. The van der Waals surface area contributed by atoms with Crippen molar-refractivity contribution in [3.05, 3.63) is 35.6 Å². The summed E-state index contributed by atoms with van der Waals surface area (Å²) in [5, 5.41) is 0. The summed E-state index contributed by atoms with van der Waals surface area (Å²) in [6, 6.07) is 5.19. The van der Waals surface area contributed by atoms with Gasteiger partial charge in [0.15, 0.2) is 5.78 Å². The van der Waals surface area contributed by atoms with E-state index in [-0.39, 0.29) is 18.6 Å². The lowest BCUT2D eigenvalue weighted by atomic mass is 10.1. The number of carbonyl (C=O) groups is 2. The molecule has 1 rings (SSSR count). The maximum absolute atomic E-state index is 12.5. The Morgan fingerprint density at radius 1 is 1.14 bits per heavy atom. The molecule has 14 heavy (non-hydrogen) atoms. The van der Waals surface area contributed by atoms with Crippen molar-refractivity contribution in [2.24, 2.45) is 5.73 Å². The van der Waals surface area contributed by atoms with Gasteiger partial charge >= 0.3 is 0 Å². The second-order valence-electron chi connectivity index (χ2n) is 2.90. The summed E-state index contributed by atoms with van der Waals surface area (Å²) in [7, 11) is 0. The SMILES string of the molecule is NC(=O)CCC(=O)c1ccc(F)cc1. The Kier molecular flexibility index (Phi) is 3.34. The zero-order valence-electron chi connectivity index (χ0n) is 7.50. The summed E-state index contributed by atoms with van der Waals surface area (Å²) < 4.78 is 12.5. The van der Waals surface area contributed by atoms with E-state index in [4.69, 9.17) is 5.73 Å². The predicted octanol–water partition coefficient (Wildman–Crippen LogP) is 1.27. The zero-order chi connectivity index (χ0) is 10.6. The Balaban J connectivity index is 2.61. The molecule has 4 heteroatoms. The molecule has 1 aromatic rings. The van der Waals surface area contributed by atoms with E-state index in [1.54, 1.807) is 0 Å². The molecular weight excluding hydrogens is 185 g/mol. The molecule has 0 spiro atoms. The summed E-state index contributed by atoms with van der Waals surface area (Å²) in [5.41, 5.74) is 5.29. The molecule has 0 atom stereocenters. The van der Waals surface area contributed by atoms with Crippen LogP contribution in [0, 0.1) is 5.82 Å². The van der Waals surface area contributed by atoms with Crippen LogP contribution in [0.15, 0.2) is 24.3 Å². The molecule has 0 radical (unpaired) electrons. The van der Waals surface area contributed by atoms with E-state index in [9.17, 15) is 14.0 Å². The number of ketones is 1. The van der Waals surface area contributed by atoms with Gasteiger partial charge in [-0.25, -0.2) is 4.39 Å². The predicted molar refractivity (Wildman–Crippen MR) is 49.2 cm³/mol. The van der Waals surface area contributed by atoms with Crippen molar-refractivity contribution in [1.29, 1.82) is 0 Å². The topological polar surface area (TPSA) is 60.2 Å². The van der Waals surface area contributed by atoms with Gasteiger partial charge in [0.1, 0.15) is 5.82 Å². The van der Waals surface area contributed by atoms with Crippen LogP contribution in [0.2, 0.25) is 0 Å². The number of halogens is 1. The molecule has 0 bridgehead atoms. The van der Waals surface area contributed by atoms with Gasteiger partial charge in [0.25, 0.3) is 0 Å². The van der Waals surface area contributed by atoms with Gasteiger partial charge in [-0.2, -0.15) is 0 Å². The van der Waals surface area contributed by atoms with Gasteiger partial charge < -0.3 is 5.73 Å². The maximum atomic E-state index is 12.5. The maximum Gasteiger partial charge on any atom is 0.217 e. The zero-order valence-corrected chi connectivity index (χ0v) is 7.50. The van der Waals surface area contributed by atoms with Crippen molar-refractivity contribution in [2.75, 3.05) is 0 Å². The highest BCUT2D eigenvalue weighted by Gasteiger charge is 2.06. The molecule has 1 aromatic carbocycles. The fourth-order valence-electron chi connectivity index (χ4n) is 1.02. The number of rotatable bonds is 4. The van der Waals surface area contributed by atoms with Gasteiger partial charge in [0.2, 0.25) is 5.91 Å². The third kappa shape index (κ3) is 2.97. The molecule has 0 heterocycles. The number of carbonyl (C=O) groups excluding carboxylic acids is 2. The normalized spacial score (nSPS) is 9.79. The van der Waals surface area contributed by atoms with Crippen LogP contribution >= 0.6 is 0 Å². The van der Waals surface area contributed by atoms with E-state index in [2.05, 4.69) is 0 Å². The molecular formula is C10H10FNO2. The first-order valence-corrected chi connectivity index (χ1v) is 4.16. The van der Waals surface area contributed by atoms with Crippen molar-refractivity contribution >= 4 is 11.7 Å².